The molecule has 0 saturated carbocycles. The second kappa shape index (κ2) is 9.30. The third kappa shape index (κ3) is 4.91. The lowest BCUT2D eigenvalue weighted by atomic mass is 10.0. The molecule has 0 aliphatic heterocycles. The number of aliphatic hydroxyl groups is 1. The van der Waals surface area contributed by atoms with Crippen LogP contribution in [0.2, 0.25) is 0 Å². The summed E-state index contributed by atoms with van der Waals surface area (Å²) in [6.07, 6.45) is 0.521. The number of ether oxygens (including phenoxy) is 2. The molecule has 0 saturated heterocycles. The molecule has 0 aliphatic rings. The summed E-state index contributed by atoms with van der Waals surface area (Å²) in [7, 11) is 1.60. The maximum Gasteiger partial charge on any atom is 0.161 e. The van der Waals surface area contributed by atoms with Gasteiger partial charge in [0.2, 0.25) is 0 Å². The van der Waals surface area contributed by atoms with Gasteiger partial charge in [0.05, 0.1) is 7.11 Å². The second-order valence-corrected chi connectivity index (χ2v) is 4.80. The molecular weight excluding hydrogens is 302 g/mol. The summed E-state index contributed by atoms with van der Waals surface area (Å²) in [6.45, 7) is 0.551. The summed E-state index contributed by atoms with van der Waals surface area (Å²) in [4.78, 5) is 0. The second-order valence-electron chi connectivity index (χ2n) is 4.80. The Labute approximate surface area is 137 Å². The topological polar surface area (TPSA) is 64.7 Å². The van der Waals surface area contributed by atoms with E-state index in [4.69, 9.17) is 20.3 Å². The highest BCUT2D eigenvalue weighted by atomic mass is 35.5. The molecule has 3 N–H and O–H groups in total. The van der Waals surface area contributed by atoms with Crippen LogP contribution in [0.15, 0.2) is 48.5 Å². The molecule has 1 atom stereocenters. The van der Waals surface area contributed by atoms with Gasteiger partial charge in [0.15, 0.2) is 11.5 Å². The van der Waals surface area contributed by atoms with E-state index >= 15 is 0 Å². The van der Waals surface area contributed by atoms with Gasteiger partial charge in [-0.05, 0) is 29.7 Å². The van der Waals surface area contributed by atoms with Crippen molar-refractivity contribution in [2.45, 2.75) is 19.1 Å². The van der Waals surface area contributed by atoms with E-state index in [1.165, 1.54) is 0 Å². The maximum atomic E-state index is 8.95. The van der Waals surface area contributed by atoms with E-state index in [-0.39, 0.29) is 25.1 Å². The molecule has 22 heavy (non-hydrogen) atoms. The number of nitrogens with two attached hydrogens (primary N) is 1. The first-order valence-electron chi connectivity index (χ1n) is 6.95. The van der Waals surface area contributed by atoms with Crippen LogP contribution in [0, 0.1) is 0 Å². The molecular formula is C17H22ClNO3. The Balaban J connectivity index is 0.00000242. The molecule has 0 amide bonds. The largest absolute Gasteiger partial charge is 0.493 e. The van der Waals surface area contributed by atoms with E-state index in [1.54, 1.807) is 7.11 Å². The van der Waals surface area contributed by atoms with Gasteiger partial charge in [-0.15, -0.1) is 12.4 Å². The first-order valence-corrected chi connectivity index (χ1v) is 6.95. The van der Waals surface area contributed by atoms with Crippen molar-refractivity contribution in [1.29, 1.82) is 0 Å². The smallest absolute Gasteiger partial charge is 0.161 e. The normalized spacial score (nSPS) is 11.4. The van der Waals surface area contributed by atoms with E-state index in [0.29, 0.717) is 24.5 Å². The van der Waals surface area contributed by atoms with Gasteiger partial charge in [0.1, 0.15) is 6.61 Å². The van der Waals surface area contributed by atoms with Crippen LogP contribution in [0.5, 0.6) is 11.5 Å². The van der Waals surface area contributed by atoms with Gasteiger partial charge < -0.3 is 20.3 Å². The van der Waals surface area contributed by atoms with Crippen LogP contribution in [-0.2, 0) is 6.61 Å². The molecule has 2 rings (SSSR count). The van der Waals surface area contributed by atoms with Crippen molar-refractivity contribution in [3.05, 3.63) is 59.7 Å². The molecule has 2 aromatic rings. The number of aliphatic hydroxyl groups excluding tert-OH is 1. The summed E-state index contributed by atoms with van der Waals surface area (Å²) >= 11 is 0. The monoisotopic (exact) mass is 323 g/mol. The Hall–Kier alpha value is -1.75. The van der Waals surface area contributed by atoms with Crippen LogP contribution >= 0.6 is 12.4 Å². The summed E-state index contributed by atoms with van der Waals surface area (Å²) in [5.41, 5.74) is 8.01. The van der Waals surface area contributed by atoms with Crippen LogP contribution in [0.1, 0.15) is 23.6 Å². The average molecular weight is 324 g/mol. The van der Waals surface area contributed by atoms with Crippen molar-refractivity contribution in [3.8, 4) is 11.5 Å². The zero-order valence-electron chi connectivity index (χ0n) is 12.6. The van der Waals surface area contributed by atoms with Gasteiger partial charge in [-0.3, -0.25) is 0 Å². The van der Waals surface area contributed by atoms with E-state index < -0.39 is 0 Å². The van der Waals surface area contributed by atoms with Gasteiger partial charge in [0, 0.05) is 12.6 Å². The van der Waals surface area contributed by atoms with Crippen LogP contribution in [0.25, 0.3) is 0 Å². The van der Waals surface area contributed by atoms with E-state index in [2.05, 4.69) is 0 Å². The zero-order valence-corrected chi connectivity index (χ0v) is 13.4. The Morgan fingerprint density at radius 3 is 2.45 bits per heavy atom. The van der Waals surface area contributed by atoms with Crippen molar-refractivity contribution in [2.75, 3.05) is 13.7 Å². The van der Waals surface area contributed by atoms with Crippen LogP contribution in [-0.4, -0.2) is 18.8 Å². The predicted molar refractivity (Wildman–Crippen MR) is 89.6 cm³/mol. The highest BCUT2D eigenvalue weighted by Gasteiger charge is 2.11. The lowest BCUT2D eigenvalue weighted by Gasteiger charge is -2.15. The number of hydrogen-bond acceptors (Lipinski definition) is 4. The predicted octanol–water partition coefficient (Wildman–Crippen LogP) is 3.08. The standard InChI is InChI=1S/C17H21NO3.ClH/c1-20-17-11-14(15(18)9-10-19)7-8-16(17)21-12-13-5-3-2-4-6-13;/h2-8,11,15,19H,9-10,12,18H2,1H3;1H/t15-;/m1./s1. The third-order valence-electron chi connectivity index (χ3n) is 3.29. The minimum atomic E-state index is -0.202. The molecule has 0 aromatic heterocycles. The lowest BCUT2D eigenvalue weighted by molar-refractivity contribution is 0.275. The molecule has 0 unspecified atom stereocenters. The van der Waals surface area contributed by atoms with Crippen LogP contribution in [0.4, 0.5) is 0 Å². The highest BCUT2D eigenvalue weighted by Crippen LogP contribution is 2.31. The van der Waals surface area contributed by atoms with Crippen molar-refractivity contribution in [2.24, 2.45) is 5.73 Å². The number of benzene rings is 2. The average Bonchev–Trinajstić information content (AvgIpc) is 2.54. The number of hydrogen-bond donors (Lipinski definition) is 2. The molecule has 4 nitrogen and oxygen atoms in total. The fourth-order valence-electron chi connectivity index (χ4n) is 2.08. The van der Waals surface area contributed by atoms with E-state index in [0.717, 1.165) is 11.1 Å². The first-order chi connectivity index (χ1) is 10.2. The molecule has 0 bridgehead atoms. The first kappa shape index (κ1) is 18.3. The van der Waals surface area contributed by atoms with E-state index in [9.17, 15) is 0 Å². The van der Waals surface area contributed by atoms with Crippen molar-refractivity contribution >= 4 is 12.4 Å². The van der Waals surface area contributed by atoms with Crippen molar-refractivity contribution < 1.29 is 14.6 Å². The fourth-order valence-corrected chi connectivity index (χ4v) is 2.08. The third-order valence-corrected chi connectivity index (χ3v) is 3.29. The molecule has 120 valence electrons. The van der Waals surface area contributed by atoms with Gasteiger partial charge in [-0.1, -0.05) is 36.4 Å². The summed E-state index contributed by atoms with van der Waals surface area (Å²) in [5.74, 6) is 1.33. The lowest BCUT2D eigenvalue weighted by Crippen LogP contribution is -2.12. The summed E-state index contributed by atoms with van der Waals surface area (Å²) in [6, 6.07) is 15.4. The molecule has 0 radical (unpaired) electrons. The summed E-state index contributed by atoms with van der Waals surface area (Å²) in [5, 5.41) is 8.95. The Morgan fingerprint density at radius 2 is 1.82 bits per heavy atom. The van der Waals surface area contributed by atoms with Gasteiger partial charge in [-0.25, -0.2) is 0 Å². The van der Waals surface area contributed by atoms with Gasteiger partial charge in [-0.2, -0.15) is 0 Å². The van der Waals surface area contributed by atoms with Crippen molar-refractivity contribution in [1.82, 2.24) is 0 Å². The van der Waals surface area contributed by atoms with Crippen LogP contribution < -0.4 is 15.2 Å². The van der Waals surface area contributed by atoms with Crippen LogP contribution in [0.3, 0.4) is 0 Å². The molecule has 2 aromatic carbocycles. The Morgan fingerprint density at radius 1 is 1.09 bits per heavy atom. The van der Waals surface area contributed by atoms with E-state index in [1.807, 2.05) is 48.5 Å². The number of methoxy groups -OCH3 is 1. The SMILES string of the molecule is COc1cc([C@H](N)CCO)ccc1OCc1ccccc1.Cl. The molecule has 0 aliphatic carbocycles. The minimum absolute atomic E-state index is 0. The molecule has 5 heteroatoms. The van der Waals surface area contributed by atoms with Crippen molar-refractivity contribution in [3.63, 3.8) is 0 Å². The van der Waals surface area contributed by atoms with Gasteiger partial charge >= 0.3 is 0 Å². The number of halogens is 1. The molecule has 0 heterocycles. The highest BCUT2D eigenvalue weighted by molar-refractivity contribution is 5.85. The fraction of sp³-hybridized carbons (Fsp3) is 0.294. The minimum Gasteiger partial charge on any atom is -0.493 e. The zero-order chi connectivity index (χ0) is 15.1. The summed E-state index contributed by atoms with van der Waals surface area (Å²) < 4.78 is 11.2. The molecule has 0 fully saturated rings. The molecule has 0 spiro atoms. The maximum absolute atomic E-state index is 8.95. The Bertz CT molecular complexity index is 563. The quantitative estimate of drug-likeness (QED) is 0.822. The Kier molecular flexibility index (Phi) is 7.74. The van der Waals surface area contributed by atoms with Gasteiger partial charge in [0.25, 0.3) is 0 Å². The number of rotatable bonds is 7.